The van der Waals surface area contributed by atoms with Gasteiger partial charge < -0.3 is 15.0 Å². The van der Waals surface area contributed by atoms with E-state index in [-0.39, 0.29) is 5.82 Å². The second-order valence-corrected chi connectivity index (χ2v) is 8.11. The number of nitrogens with zero attached hydrogens (tertiary/aromatic N) is 2. The molecule has 3 aromatic rings. The summed E-state index contributed by atoms with van der Waals surface area (Å²) in [4.78, 5) is 28.5. The van der Waals surface area contributed by atoms with Gasteiger partial charge in [-0.15, -0.1) is 0 Å². The Labute approximate surface area is 190 Å². The van der Waals surface area contributed by atoms with Gasteiger partial charge in [-0.3, -0.25) is 4.79 Å². The molecule has 1 aromatic heterocycles. The van der Waals surface area contributed by atoms with Crippen molar-refractivity contribution < 1.29 is 19.1 Å². The lowest BCUT2D eigenvalue weighted by Gasteiger charge is -2.16. The van der Waals surface area contributed by atoms with Crippen LogP contribution in [0.1, 0.15) is 22.3 Å². The monoisotopic (exact) mass is 453 g/mol. The molecule has 166 valence electrons. The fraction of sp³-hybridized carbons (Fsp3) is 0.208. The third kappa shape index (κ3) is 6.31. The van der Waals surface area contributed by atoms with Gasteiger partial charge in [0, 0.05) is 24.5 Å². The van der Waals surface area contributed by atoms with Crippen molar-refractivity contribution >= 4 is 29.7 Å². The molecule has 2 aromatic carbocycles. The molecule has 0 unspecified atom stereocenters. The predicted molar refractivity (Wildman–Crippen MR) is 125 cm³/mol. The van der Waals surface area contributed by atoms with Gasteiger partial charge >= 0.3 is 5.97 Å². The molecule has 3 rings (SSSR count). The molecule has 32 heavy (non-hydrogen) atoms. The highest BCUT2D eigenvalue weighted by Crippen LogP contribution is 2.26. The molecule has 0 saturated carbocycles. The first kappa shape index (κ1) is 23.3. The summed E-state index contributed by atoms with van der Waals surface area (Å²) in [5.74, 6) is -1.32. The molecule has 0 fully saturated rings. The Hall–Kier alpha value is -3.39. The van der Waals surface area contributed by atoms with Gasteiger partial charge in [-0.25, -0.2) is 14.2 Å². The van der Waals surface area contributed by atoms with E-state index < -0.39 is 17.9 Å². The zero-order valence-electron chi connectivity index (χ0n) is 17.6. The first-order chi connectivity index (χ1) is 15.5. The molecule has 0 aliphatic heterocycles. The maximum Gasteiger partial charge on any atom is 0.326 e. The van der Waals surface area contributed by atoms with Crippen LogP contribution in [0.4, 0.5) is 4.39 Å². The van der Waals surface area contributed by atoms with E-state index in [1.165, 1.54) is 23.9 Å². The highest BCUT2D eigenvalue weighted by atomic mass is 32.2. The largest absolute Gasteiger partial charge is 0.480 e. The molecule has 1 amide bonds. The first-order valence-corrected chi connectivity index (χ1v) is 11.4. The van der Waals surface area contributed by atoms with Gasteiger partial charge in [0.05, 0.1) is 6.33 Å². The number of allylic oxidation sites excluding steroid dienone is 1. The second kappa shape index (κ2) is 11.3. The Morgan fingerprint density at radius 2 is 2.03 bits per heavy atom. The highest BCUT2D eigenvalue weighted by molar-refractivity contribution is 7.98. The van der Waals surface area contributed by atoms with E-state index in [0.717, 1.165) is 5.56 Å². The van der Waals surface area contributed by atoms with Crippen LogP contribution >= 0.6 is 11.8 Å². The van der Waals surface area contributed by atoms with Gasteiger partial charge in [0.1, 0.15) is 11.9 Å². The number of carboxylic acid groups (broad SMARTS) is 1. The molecule has 6 nitrogen and oxygen atoms in total. The number of carboxylic acids is 1. The minimum Gasteiger partial charge on any atom is -0.480 e. The van der Waals surface area contributed by atoms with Crippen molar-refractivity contribution in [1.29, 1.82) is 0 Å². The van der Waals surface area contributed by atoms with E-state index in [9.17, 15) is 19.1 Å². The number of aromatic nitrogens is 2. The standard InChI is InChI=1S/C24H24FN3O3S/c1-32-14-10-22(24(30)31)27-23(29)20-9-4-17(3-2-12-28-13-11-26-16-28)15-21(20)18-5-7-19(25)8-6-18/h2-9,11,13,15-16,22H,10,12,14H2,1H3,(H,27,29)(H,30,31)/t22-/m0/s1. The van der Waals surface area contributed by atoms with Gasteiger partial charge in [-0.05, 0) is 59.4 Å². The molecule has 0 radical (unpaired) electrons. The van der Waals surface area contributed by atoms with E-state index >= 15 is 0 Å². The number of carbonyl (C=O) groups excluding carboxylic acids is 1. The van der Waals surface area contributed by atoms with Crippen LogP contribution in [0.3, 0.4) is 0 Å². The number of amides is 1. The molecular weight excluding hydrogens is 429 g/mol. The lowest BCUT2D eigenvalue weighted by molar-refractivity contribution is -0.139. The van der Waals surface area contributed by atoms with Crippen molar-refractivity contribution in [2.75, 3.05) is 12.0 Å². The van der Waals surface area contributed by atoms with Crippen LogP contribution in [0.5, 0.6) is 0 Å². The van der Waals surface area contributed by atoms with Gasteiger partial charge in [-0.2, -0.15) is 11.8 Å². The topological polar surface area (TPSA) is 84.2 Å². The normalized spacial score (nSPS) is 12.1. The number of imidazole rings is 1. The van der Waals surface area contributed by atoms with Crippen LogP contribution in [0.15, 0.2) is 67.3 Å². The summed E-state index contributed by atoms with van der Waals surface area (Å²) in [6.07, 6.45) is 11.4. The summed E-state index contributed by atoms with van der Waals surface area (Å²) in [6.45, 7) is 0.643. The number of rotatable bonds is 10. The molecule has 0 bridgehead atoms. The Balaban J connectivity index is 1.89. The van der Waals surface area contributed by atoms with Gasteiger partial charge in [0.2, 0.25) is 0 Å². The van der Waals surface area contributed by atoms with Gasteiger partial charge in [0.25, 0.3) is 5.91 Å². The minimum absolute atomic E-state index is 0.323. The number of carbonyl (C=O) groups is 2. The van der Waals surface area contributed by atoms with Crippen LogP contribution in [0.25, 0.3) is 17.2 Å². The Morgan fingerprint density at radius 1 is 1.25 bits per heavy atom. The fourth-order valence-corrected chi connectivity index (χ4v) is 3.64. The first-order valence-electron chi connectivity index (χ1n) is 10.0. The molecule has 1 heterocycles. The predicted octanol–water partition coefficient (Wildman–Crippen LogP) is 4.34. The number of hydrogen-bond donors (Lipinski definition) is 2. The zero-order chi connectivity index (χ0) is 22.9. The van der Waals surface area contributed by atoms with Crippen LogP contribution < -0.4 is 5.32 Å². The smallest absolute Gasteiger partial charge is 0.326 e. The Bertz CT molecular complexity index is 1080. The van der Waals surface area contributed by atoms with E-state index in [1.807, 2.05) is 35.2 Å². The molecule has 2 N–H and O–H groups in total. The minimum atomic E-state index is -1.07. The fourth-order valence-electron chi connectivity index (χ4n) is 3.17. The van der Waals surface area contributed by atoms with Crippen molar-refractivity contribution in [3.63, 3.8) is 0 Å². The molecule has 0 saturated heterocycles. The van der Waals surface area contributed by atoms with Gasteiger partial charge in [-0.1, -0.05) is 30.4 Å². The molecule has 1 atom stereocenters. The van der Waals surface area contributed by atoms with Crippen LogP contribution in [-0.4, -0.2) is 44.6 Å². The van der Waals surface area contributed by atoms with E-state index in [2.05, 4.69) is 10.3 Å². The molecule has 8 heteroatoms. The number of benzene rings is 2. The second-order valence-electron chi connectivity index (χ2n) is 7.12. The van der Waals surface area contributed by atoms with Gasteiger partial charge in [0.15, 0.2) is 0 Å². The van der Waals surface area contributed by atoms with Crippen molar-refractivity contribution in [3.8, 4) is 11.1 Å². The number of halogens is 1. The maximum absolute atomic E-state index is 13.5. The quantitative estimate of drug-likeness (QED) is 0.477. The number of aliphatic carboxylic acids is 1. The molecule has 0 spiro atoms. The Kier molecular flexibility index (Phi) is 8.21. The lowest BCUT2D eigenvalue weighted by Crippen LogP contribution is -2.41. The third-order valence-corrected chi connectivity index (χ3v) is 5.49. The molecule has 0 aliphatic carbocycles. The molecule has 0 aliphatic rings. The van der Waals surface area contributed by atoms with E-state index in [1.54, 1.807) is 36.8 Å². The van der Waals surface area contributed by atoms with Crippen LogP contribution in [0.2, 0.25) is 0 Å². The van der Waals surface area contributed by atoms with Crippen molar-refractivity contribution in [1.82, 2.24) is 14.9 Å². The zero-order valence-corrected chi connectivity index (χ0v) is 18.4. The van der Waals surface area contributed by atoms with Crippen molar-refractivity contribution in [3.05, 3.63) is 84.2 Å². The summed E-state index contributed by atoms with van der Waals surface area (Å²) in [7, 11) is 0. The average molecular weight is 454 g/mol. The summed E-state index contributed by atoms with van der Waals surface area (Å²) >= 11 is 1.52. The van der Waals surface area contributed by atoms with Crippen LogP contribution in [0, 0.1) is 5.82 Å². The average Bonchev–Trinajstić information content (AvgIpc) is 3.30. The number of nitrogens with one attached hydrogen (secondary N) is 1. The van der Waals surface area contributed by atoms with E-state index in [4.69, 9.17) is 0 Å². The lowest BCUT2D eigenvalue weighted by atomic mass is 9.96. The van der Waals surface area contributed by atoms with E-state index in [0.29, 0.717) is 35.4 Å². The number of hydrogen-bond acceptors (Lipinski definition) is 4. The summed E-state index contributed by atoms with van der Waals surface area (Å²) in [5, 5.41) is 12.1. The SMILES string of the molecule is CSCC[C@H](NC(=O)c1ccc(C=CCn2ccnc2)cc1-c1ccc(F)cc1)C(=O)O. The van der Waals surface area contributed by atoms with Crippen molar-refractivity contribution in [2.45, 2.75) is 19.0 Å². The molecular formula is C24H24FN3O3S. The summed E-state index contributed by atoms with van der Waals surface area (Å²) in [5.41, 5.74) is 2.45. The Morgan fingerprint density at radius 3 is 2.69 bits per heavy atom. The number of thioether (sulfide) groups is 1. The summed E-state index contributed by atoms with van der Waals surface area (Å²) < 4.78 is 15.4. The van der Waals surface area contributed by atoms with Crippen LogP contribution in [-0.2, 0) is 11.3 Å². The maximum atomic E-state index is 13.5. The summed E-state index contributed by atoms with van der Waals surface area (Å²) in [6, 6.07) is 10.2. The third-order valence-electron chi connectivity index (χ3n) is 4.84. The van der Waals surface area contributed by atoms with Crippen molar-refractivity contribution in [2.24, 2.45) is 0 Å². The highest BCUT2D eigenvalue weighted by Gasteiger charge is 2.22.